The zero-order valence-corrected chi connectivity index (χ0v) is 19.2. The molecule has 10 heteroatoms. The Labute approximate surface area is 196 Å². The van der Waals surface area contributed by atoms with E-state index >= 15 is 0 Å². The third-order valence-corrected chi connectivity index (χ3v) is 5.68. The summed E-state index contributed by atoms with van der Waals surface area (Å²) in [5.41, 5.74) is 1.65. The molecule has 0 spiro atoms. The minimum Gasteiger partial charge on any atom is -0.744 e. The first-order valence-corrected chi connectivity index (χ1v) is 11.3. The van der Waals surface area contributed by atoms with Gasteiger partial charge in [0.2, 0.25) is 0 Å². The molecule has 3 rings (SSSR count). The maximum Gasteiger partial charge on any atom is 0.340 e. The molecule has 3 aromatic rings. The van der Waals surface area contributed by atoms with Gasteiger partial charge in [-0.3, -0.25) is 0 Å². The van der Waals surface area contributed by atoms with Crippen molar-refractivity contribution in [3.05, 3.63) is 77.9 Å². The number of ether oxygens (including phenoxy) is 4. The predicted octanol–water partition coefficient (Wildman–Crippen LogP) is 3.45. The highest BCUT2D eigenvalue weighted by Gasteiger charge is 2.18. The summed E-state index contributed by atoms with van der Waals surface area (Å²) in [5.74, 6) is -1.22. The van der Waals surface area contributed by atoms with Gasteiger partial charge in [-0.25, -0.2) is 18.0 Å². The quantitative estimate of drug-likeness (QED) is 0.254. The lowest BCUT2D eigenvalue weighted by atomic mass is 9.97. The Morgan fingerprint density at radius 1 is 0.706 bits per heavy atom. The lowest BCUT2D eigenvalue weighted by Crippen LogP contribution is -2.08. The third kappa shape index (κ3) is 5.86. The lowest BCUT2D eigenvalue weighted by Gasteiger charge is -2.18. The molecule has 0 saturated carbocycles. The molecule has 0 heterocycles. The fourth-order valence-corrected chi connectivity index (χ4v) is 4.13. The van der Waals surface area contributed by atoms with Gasteiger partial charge < -0.3 is 23.5 Å². The fraction of sp³-hybridized carbons (Fsp3) is 0.167. The number of rotatable bonds is 9. The molecule has 9 nitrogen and oxygen atoms in total. The molecule has 0 aliphatic carbocycles. The van der Waals surface area contributed by atoms with Crippen molar-refractivity contribution in [2.24, 2.45) is 0 Å². The summed E-state index contributed by atoms with van der Waals surface area (Å²) in [6, 6.07) is 16.5. The Bertz CT molecular complexity index is 1180. The van der Waals surface area contributed by atoms with Crippen molar-refractivity contribution in [1.29, 1.82) is 0 Å². The molecule has 0 unspecified atom stereocenters. The van der Waals surface area contributed by atoms with Gasteiger partial charge in [0.05, 0.1) is 16.0 Å². The highest BCUT2D eigenvalue weighted by atomic mass is 32.2. The van der Waals surface area contributed by atoms with Crippen molar-refractivity contribution in [2.45, 2.75) is 4.90 Å². The van der Waals surface area contributed by atoms with Crippen LogP contribution in [0.5, 0.6) is 0 Å². The van der Waals surface area contributed by atoms with E-state index < -0.39 is 27.0 Å². The summed E-state index contributed by atoms with van der Waals surface area (Å²) >= 11 is 0. The first-order chi connectivity index (χ1) is 16.3. The molecule has 0 atom stereocenters. The third-order valence-electron chi connectivity index (χ3n) is 4.74. The number of hydrogen-bond acceptors (Lipinski definition) is 9. The Kier molecular flexibility index (Phi) is 8.13. The van der Waals surface area contributed by atoms with Crippen molar-refractivity contribution in [3.63, 3.8) is 0 Å². The van der Waals surface area contributed by atoms with Crippen molar-refractivity contribution in [2.75, 3.05) is 27.8 Å². The van der Waals surface area contributed by atoms with Crippen molar-refractivity contribution in [3.8, 4) is 22.3 Å². The first-order valence-electron chi connectivity index (χ1n) is 9.88. The van der Waals surface area contributed by atoms with E-state index in [1.807, 2.05) is 0 Å². The van der Waals surface area contributed by atoms with Gasteiger partial charge in [0.1, 0.15) is 10.1 Å². The topological polar surface area (TPSA) is 128 Å². The molecule has 0 aromatic heterocycles. The van der Waals surface area contributed by atoms with Crippen LogP contribution in [0.15, 0.2) is 71.6 Å². The number of carbonyl (C=O) groups is 2. The van der Waals surface area contributed by atoms with Crippen LogP contribution in [0.2, 0.25) is 0 Å². The molecule has 0 aliphatic heterocycles. The Morgan fingerprint density at radius 2 is 1.09 bits per heavy atom. The molecule has 34 heavy (non-hydrogen) atoms. The molecule has 0 aliphatic rings. The maximum atomic E-state index is 12.3. The summed E-state index contributed by atoms with van der Waals surface area (Å²) < 4.78 is 56.0. The molecule has 178 valence electrons. The van der Waals surface area contributed by atoms with Gasteiger partial charge in [-0.05, 0) is 46.5 Å². The average Bonchev–Trinajstić information content (AvgIpc) is 2.85. The molecule has 0 bridgehead atoms. The van der Waals surface area contributed by atoms with Crippen LogP contribution in [0.4, 0.5) is 0 Å². The number of hydrogen-bond donors (Lipinski definition) is 0. The second-order valence-electron chi connectivity index (χ2n) is 6.97. The van der Waals surface area contributed by atoms with Gasteiger partial charge in [0.25, 0.3) is 0 Å². The first kappa shape index (κ1) is 25.1. The predicted molar refractivity (Wildman–Crippen MR) is 120 cm³/mol. The van der Waals surface area contributed by atoms with Crippen molar-refractivity contribution in [1.82, 2.24) is 0 Å². The van der Waals surface area contributed by atoms with E-state index in [1.165, 1.54) is 74.9 Å². The Morgan fingerprint density at radius 3 is 1.41 bits per heavy atom. The van der Waals surface area contributed by atoms with Gasteiger partial charge in [-0.2, -0.15) is 0 Å². The second-order valence-corrected chi connectivity index (χ2v) is 8.28. The molecule has 0 saturated heterocycles. The van der Waals surface area contributed by atoms with E-state index in [0.717, 1.165) is 0 Å². The highest BCUT2D eigenvalue weighted by molar-refractivity contribution is 7.86. The van der Waals surface area contributed by atoms with Crippen LogP contribution in [0.25, 0.3) is 22.3 Å². The number of methoxy groups -OCH3 is 2. The van der Waals surface area contributed by atoms with Crippen molar-refractivity contribution >= 4 is 22.1 Å². The standard InChI is InChI=1S/C24H22O9S/c1-30-14-32-23(25)18-10-6-16(7-11-18)20-4-3-5-21(22(20)34(27,28)29)17-8-12-19(13-9-17)24(26)33-15-31-2/h3-13H,14-15H2,1-2H3,(H,27,28,29)/p-1. The van der Waals surface area contributed by atoms with E-state index in [4.69, 9.17) is 18.9 Å². The van der Waals surface area contributed by atoms with E-state index in [9.17, 15) is 22.6 Å². The molecule has 0 amide bonds. The smallest absolute Gasteiger partial charge is 0.340 e. The molecule has 0 fully saturated rings. The maximum absolute atomic E-state index is 12.3. The minimum absolute atomic E-state index is 0.174. The number of carbonyl (C=O) groups excluding carboxylic acids is 2. The van der Waals surface area contributed by atoms with Crippen LogP contribution in [-0.4, -0.2) is 52.7 Å². The monoisotopic (exact) mass is 485 g/mol. The summed E-state index contributed by atoms with van der Waals surface area (Å²) in [7, 11) is -2.14. The normalized spacial score (nSPS) is 11.1. The van der Waals surface area contributed by atoms with Gasteiger partial charge >= 0.3 is 11.9 Å². The van der Waals surface area contributed by atoms with Crippen LogP contribution in [-0.2, 0) is 29.1 Å². The van der Waals surface area contributed by atoms with Gasteiger partial charge in [-0.15, -0.1) is 0 Å². The zero-order valence-electron chi connectivity index (χ0n) is 18.3. The summed E-state index contributed by atoms with van der Waals surface area (Å²) in [5, 5.41) is 0. The second kappa shape index (κ2) is 11.0. The largest absolute Gasteiger partial charge is 0.744 e. The molecular weight excluding hydrogens is 464 g/mol. The molecular formula is C24H21O9S-. The molecule has 0 radical (unpaired) electrons. The Balaban J connectivity index is 2.01. The van der Waals surface area contributed by atoms with Crippen LogP contribution in [0.3, 0.4) is 0 Å². The fourth-order valence-electron chi connectivity index (χ4n) is 3.22. The van der Waals surface area contributed by atoms with E-state index in [0.29, 0.717) is 11.1 Å². The van der Waals surface area contributed by atoms with Crippen LogP contribution in [0, 0.1) is 0 Å². The number of benzene rings is 3. The SMILES string of the molecule is COCOC(=O)c1ccc(-c2cccc(-c3ccc(C(=O)OCOC)cc3)c2S(=O)(=O)[O-])cc1. The summed E-state index contributed by atoms with van der Waals surface area (Å²) in [6.07, 6.45) is 0. The van der Waals surface area contributed by atoms with E-state index in [1.54, 1.807) is 6.07 Å². The minimum atomic E-state index is -4.90. The summed E-state index contributed by atoms with van der Waals surface area (Å²) in [6.45, 7) is -0.409. The van der Waals surface area contributed by atoms with Gasteiger partial charge in [0.15, 0.2) is 13.6 Å². The highest BCUT2D eigenvalue weighted by Crippen LogP contribution is 2.36. The molecule has 0 N–H and O–H groups in total. The van der Waals surface area contributed by atoms with E-state index in [2.05, 4.69) is 0 Å². The van der Waals surface area contributed by atoms with Crippen LogP contribution < -0.4 is 0 Å². The molecule has 3 aromatic carbocycles. The van der Waals surface area contributed by atoms with Crippen LogP contribution in [0.1, 0.15) is 20.7 Å². The lowest BCUT2D eigenvalue weighted by molar-refractivity contribution is -0.0132. The van der Waals surface area contributed by atoms with E-state index in [-0.39, 0.29) is 35.8 Å². The van der Waals surface area contributed by atoms with Crippen molar-refractivity contribution < 1.29 is 41.5 Å². The Hall–Kier alpha value is -3.57. The summed E-state index contributed by atoms with van der Waals surface area (Å²) in [4.78, 5) is 23.5. The average molecular weight is 485 g/mol. The van der Waals surface area contributed by atoms with Gasteiger partial charge in [0, 0.05) is 14.2 Å². The number of esters is 2. The van der Waals surface area contributed by atoms with Crippen LogP contribution >= 0.6 is 0 Å². The zero-order chi connectivity index (χ0) is 24.7. The van der Waals surface area contributed by atoms with Gasteiger partial charge in [-0.1, -0.05) is 42.5 Å².